The van der Waals surface area contributed by atoms with E-state index in [-0.39, 0.29) is 6.04 Å². The van der Waals surface area contributed by atoms with Crippen molar-refractivity contribution < 1.29 is 4.74 Å². The molecule has 1 atom stereocenters. The maximum Gasteiger partial charge on any atom is 0.216 e. The first-order valence-electron chi connectivity index (χ1n) is 7.10. The third kappa shape index (κ3) is 2.77. The van der Waals surface area contributed by atoms with E-state index in [9.17, 15) is 0 Å². The van der Waals surface area contributed by atoms with Crippen LogP contribution in [0.3, 0.4) is 0 Å². The molecule has 1 aliphatic heterocycles. The zero-order valence-electron chi connectivity index (χ0n) is 12.5. The molecule has 108 valence electrons. The molecule has 1 aromatic heterocycles. The van der Waals surface area contributed by atoms with Crippen molar-refractivity contribution in [3.05, 3.63) is 11.3 Å². The van der Waals surface area contributed by atoms with Gasteiger partial charge in [0.15, 0.2) is 0 Å². The van der Waals surface area contributed by atoms with Gasteiger partial charge in [-0.1, -0.05) is 6.92 Å². The predicted octanol–water partition coefficient (Wildman–Crippen LogP) is 1.47. The van der Waals surface area contributed by atoms with E-state index in [1.807, 2.05) is 14.0 Å². The molecule has 0 aromatic carbocycles. The molecule has 1 fully saturated rings. The van der Waals surface area contributed by atoms with Crippen LogP contribution in [0.5, 0.6) is 5.88 Å². The lowest BCUT2D eigenvalue weighted by atomic mass is 9.96. The molecule has 0 aliphatic carbocycles. The van der Waals surface area contributed by atoms with Crippen molar-refractivity contribution in [1.29, 1.82) is 0 Å². The molecule has 5 heteroatoms. The van der Waals surface area contributed by atoms with Crippen molar-refractivity contribution in [2.45, 2.75) is 32.7 Å². The van der Waals surface area contributed by atoms with Gasteiger partial charge in [-0.3, -0.25) is 4.90 Å². The Bertz CT molecular complexity index is 421. The first-order chi connectivity index (χ1) is 9.08. The van der Waals surface area contributed by atoms with E-state index in [2.05, 4.69) is 16.9 Å². The average molecular weight is 266 g/mol. The summed E-state index contributed by atoms with van der Waals surface area (Å²) in [5.74, 6) is 1.66. The summed E-state index contributed by atoms with van der Waals surface area (Å²) in [5, 5.41) is 4.47. The fraction of sp³-hybridized carbons (Fsp3) is 0.786. The Morgan fingerprint density at radius 3 is 2.58 bits per heavy atom. The molecule has 0 bridgehead atoms. The largest absolute Gasteiger partial charge is 0.481 e. The number of methoxy groups -OCH3 is 1. The standard InChI is InChI=1S/C14H26N4O/c1-10-5-7-18(8-6-10)12(9-15)13-11(2)16-17(3)14(13)19-4/h10,12H,5-9,15H2,1-4H3. The van der Waals surface area contributed by atoms with Gasteiger partial charge < -0.3 is 10.5 Å². The molecule has 0 saturated carbocycles. The third-order valence-corrected chi connectivity index (χ3v) is 4.22. The monoisotopic (exact) mass is 266 g/mol. The number of nitrogens with zero attached hydrogens (tertiary/aromatic N) is 3. The Morgan fingerprint density at radius 2 is 2.05 bits per heavy atom. The summed E-state index contributed by atoms with van der Waals surface area (Å²) in [6.07, 6.45) is 2.50. The predicted molar refractivity (Wildman–Crippen MR) is 76.3 cm³/mol. The van der Waals surface area contributed by atoms with Crippen LogP contribution in [-0.4, -0.2) is 41.4 Å². The number of hydrogen-bond donors (Lipinski definition) is 1. The Kier molecular flexibility index (Phi) is 4.47. The van der Waals surface area contributed by atoms with Gasteiger partial charge in [-0.25, -0.2) is 4.68 Å². The lowest BCUT2D eigenvalue weighted by Gasteiger charge is -2.36. The van der Waals surface area contributed by atoms with Crippen LogP contribution in [0.2, 0.25) is 0 Å². The van der Waals surface area contributed by atoms with Gasteiger partial charge in [0, 0.05) is 13.6 Å². The van der Waals surface area contributed by atoms with Gasteiger partial charge >= 0.3 is 0 Å². The fourth-order valence-electron chi connectivity index (χ4n) is 3.07. The minimum absolute atomic E-state index is 0.219. The zero-order valence-corrected chi connectivity index (χ0v) is 12.5. The highest BCUT2D eigenvalue weighted by Crippen LogP contribution is 2.33. The Balaban J connectivity index is 2.26. The smallest absolute Gasteiger partial charge is 0.216 e. The molecule has 19 heavy (non-hydrogen) atoms. The molecule has 1 aromatic rings. The van der Waals surface area contributed by atoms with E-state index in [4.69, 9.17) is 10.5 Å². The number of ether oxygens (including phenoxy) is 1. The molecule has 1 aliphatic rings. The summed E-state index contributed by atoms with van der Waals surface area (Å²) in [6, 6.07) is 0.219. The summed E-state index contributed by atoms with van der Waals surface area (Å²) < 4.78 is 7.32. The molecule has 5 nitrogen and oxygen atoms in total. The second-order valence-electron chi connectivity index (χ2n) is 5.60. The van der Waals surface area contributed by atoms with Crippen molar-refractivity contribution in [2.24, 2.45) is 18.7 Å². The minimum atomic E-state index is 0.219. The van der Waals surface area contributed by atoms with E-state index in [0.717, 1.165) is 36.1 Å². The quantitative estimate of drug-likeness (QED) is 0.896. The van der Waals surface area contributed by atoms with Crippen molar-refractivity contribution in [3.8, 4) is 5.88 Å². The molecule has 1 saturated heterocycles. The lowest BCUT2D eigenvalue weighted by Crippen LogP contribution is -2.39. The van der Waals surface area contributed by atoms with Gasteiger partial charge in [0.05, 0.1) is 24.4 Å². The van der Waals surface area contributed by atoms with Gasteiger partial charge in [0.25, 0.3) is 0 Å². The first kappa shape index (κ1) is 14.3. The van der Waals surface area contributed by atoms with Gasteiger partial charge in [-0.2, -0.15) is 5.10 Å². The van der Waals surface area contributed by atoms with Crippen LogP contribution >= 0.6 is 0 Å². The van der Waals surface area contributed by atoms with Crippen molar-refractivity contribution in [3.63, 3.8) is 0 Å². The number of nitrogens with two attached hydrogens (primary N) is 1. The maximum atomic E-state index is 6.04. The van der Waals surface area contributed by atoms with Gasteiger partial charge in [-0.15, -0.1) is 0 Å². The van der Waals surface area contributed by atoms with Crippen molar-refractivity contribution >= 4 is 0 Å². The van der Waals surface area contributed by atoms with Crippen LogP contribution in [-0.2, 0) is 7.05 Å². The third-order valence-electron chi connectivity index (χ3n) is 4.22. The summed E-state index contributed by atoms with van der Waals surface area (Å²) in [7, 11) is 3.62. The van der Waals surface area contributed by atoms with Crippen LogP contribution in [0.25, 0.3) is 0 Å². The van der Waals surface area contributed by atoms with Crippen LogP contribution < -0.4 is 10.5 Å². The molecular formula is C14H26N4O. The molecule has 2 N–H and O–H groups in total. The molecule has 2 heterocycles. The summed E-state index contributed by atoms with van der Waals surface area (Å²) in [6.45, 7) is 7.19. The lowest BCUT2D eigenvalue weighted by molar-refractivity contribution is 0.138. The molecular weight excluding hydrogens is 240 g/mol. The summed E-state index contributed by atoms with van der Waals surface area (Å²) in [5.41, 5.74) is 8.21. The van der Waals surface area contributed by atoms with Crippen molar-refractivity contribution in [2.75, 3.05) is 26.7 Å². The van der Waals surface area contributed by atoms with E-state index < -0.39 is 0 Å². The molecule has 0 amide bonds. The van der Waals surface area contributed by atoms with E-state index in [1.54, 1.807) is 11.8 Å². The topological polar surface area (TPSA) is 56.3 Å². The highest BCUT2D eigenvalue weighted by atomic mass is 16.5. The first-order valence-corrected chi connectivity index (χ1v) is 7.10. The minimum Gasteiger partial charge on any atom is -0.481 e. The number of likely N-dealkylation sites (tertiary alicyclic amines) is 1. The maximum absolute atomic E-state index is 6.04. The van der Waals surface area contributed by atoms with Crippen LogP contribution in [0.1, 0.15) is 37.1 Å². The van der Waals surface area contributed by atoms with E-state index in [0.29, 0.717) is 6.54 Å². The van der Waals surface area contributed by atoms with E-state index >= 15 is 0 Å². The second kappa shape index (κ2) is 5.92. The van der Waals surface area contributed by atoms with Gasteiger partial charge in [0.1, 0.15) is 0 Å². The molecule has 2 rings (SSSR count). The number of aromatic nitrogens is 2. The number of hydrogen-bond acceptors (Lipinski definition) is 4. The highest BCUT2D eigenvalue weighted by molar-refractivity contribution is 5.34. The number of aryl methyl sites for hydroxylation is 2. The zero-order chi connectivity index (χ0) is 14.0. The normalized spacial score (nSPS) is 19.6. The highest BCUT2D eigenvalue weighted by Gasteiger charge is 2.29. The van der Waals surface area contributed by atoms with E-state index in [1.165, 1.54) is 12.8 Å². The average Bonchev–Trinajstić information content (AvgIpc) is 2.67. The molecule has 0 radical (unpaired) electrons. The van der Waals surface area contributed by atoms with Crippen molar-refractivity contribution in [1.82, 2.24) is 14.7 Å². The number of piperidine rings is 1. The Labute approximate surface area is 115 Å². The molecule has 1 unspecified atom stereocenters. The summed E-state index contributed by atoms with van der Waals surface area (Å²) in [4.78, 5) is 2.48. The fourth-order valence-corrected chi connectivity index (χ4v) is 3.07. The SMILES string of the molecule is COc1c(C(CN)N2CCC(C)CC2)c(C)nn1C. The van der Waals surface area contributed by atoms with Gasteiger partial charge in [0.2, 0.25) is 5.88 Å². The van der Waals surface area contributed by atoms with Crippen LogP contribution in [0.4, 0.5) is 0 Å². The number of rotatable bonds is 4. The summed E-state index contributed by atoms with van der Waals surface area (Å²) >= 11 is 0. The second-order valence-corrected chi connectivity index (χ2v) is 5.60. The van der Waals surface area contributed by atoms with Gasteiger partial charge in [-0.05, 0) is 38.8 Å². The molecule has 0 spiro atoms. The Morgan fingerprint density at radius 1 is 1.42 bits per heavy atom. The van der Waals surface area contributed by atoms with Crippen LogP contribution in [0.15, 0.2) is 0 Å². The van der Waals surface area contributed by atoms with Crippen LogP contribution in [0, 0.1) is 12.8 Å². The Hall–Kier alpha value is -1.07.